The molecule has 0 aliphatic carbocycles. The first-order valence-electron chi connectivity index (χ1n) is 5.88. The molecule has 2 aromatic heterocycles. The summed E-state index contributed by atoms with van der Waals surface area (Å²) in [5.74, 6) is 1.65. The van der Waals surface area contributed by atoms with E-state index >= 15 is 0 Å². The van der Waals surface area contributed by atoms with Gasteiger partial charge in [-0.25, -0.2) is 4.98 Å². The Morgan fingerprint density at radius 2 is 2.24 bits per heavy atom. The van der Waals surface area contributed by atoms with E-state index in [1.54, 1.807) is 4.52 Å². The lowest BCUT2D eigenvalue weighted by molar-refractivity contribution is 0.728. The second-order valence-electron chi connectivity index (χ2n) is 4.00. The summed E-state index contributed by atoms with van der Waals surface area (Å²) in [5, 5.41) is 4.21. The van der Waals surface area contributed by atoms with Gasteiger partial charge < -0.3 is 10.6 Å². The largest absolute Gasteiger partial charge is 0.355 e. The molecule has 0 saturated carbocycles. The van der Waals surface area contributed by atoms with Gasteiger partial charge in [0, 0.05) is 31.4 Å². The molecule has 2 aromatic rings. The third-order valence-corrected chi connectivity index (χ3v) is 2.58. The normalized spacial score (nSPS) is 11.0. The van der Waals surface area contributed by atoms with Gasteiger partial charge in [-0.15, -0.1) is 0 Å². The number of aryl methyl sites for hydroxylation is 1. The second-order valence-corrected chi connectivity index (χ2v) is 4.00. The Morgan fingerprint density at radius 1 is 1.41 bits per heavy atom. The summed E-state index contributed by atoms with van der Waals surface area (Å²) in [7, 11) is 0. The van der Waals surface area contributed by atoms with E-state index in [4.69, 9.17) is 5.73 Å². The van der Waals surface area contributed by atoms with Crippen molar-refractivity contribution in [2.75, 3.05) is 24.5 Å². The number of anilines is 1. The molecule has 0 spiro atoms. The maximum Gasteiger partial charge on any atom is 0.254 e. The summed E-state index contributed by atoms with van der Waals surface area (Å²) in [6.45, 7) is 6.50. The monoisotopic (exact) mass is 234 g/mol. The third-order valence-electron chi connectivity index (χ3n) is 2.58. The lowest BCUT2D eigenvalue weighted by Crippen LogP contribution is -2.32. The molecule has 6 heteroatoms. The van der Waals surface area contributed by atoms with Crippen LogP contribution in [0.5, 0.6) is 0 Å². The first-order chi connectivity index (χ1) is 8.26. The summed E-state index contributed by atoms with van der Waals surface area (Å²) < 4.78 is 1.76. The van der Waals surface area contributed by atoms with Gasteiger partial charge in [0.1, 0.15) is 12.1 Å². The van der Waals surface area contributed by atoms with Crippen LogP contribution in [0.25, 0.3) is 5.78 Å². The van der Waals surface area contributed by atoms with E-state index in [9.17, 15) is 0 Å². The van der Waals surface area contributed by atoms with E-state index in [0.29, 0.717) is 12.3 Å². The van der Waals surface area contributed by atoms with Crippen LogP contribution in [0, 0.1) is 6.92 Å². The minimum atomic E-state index is 0.623. The molecule has 92 valence electrons. The standard InChI is InChI=1S/C11H18N6/c1-3-5-16(6-4-12)10-7-9(2)15-11-13-8-14-17(10)11/h7-8H,3-6,12H2,1-2H3. The van der Waals surface area contributed by atoms with Crippen molar-refractivity contribution in [2.24, 2.45) is 5.73 Å². The number of fused-ring (bicyclic) bond motifs is 1. The van der Waals surface area contributed by atoms with Crippen molar-refractivity contribution in [3.8, 4) is 0 Å². The molecule has 17 heavy (non-hydrogen) atoms. The highest BCUT2D eigenvalue weighted by Gasteiger charge is 2.11. The molecule has 0 amide bonds. The fourth-order valence-electron chi connectivity index (χ4n) is 1.90. The fraction of sp³-hybridized carbons (Fsp3) is 0.545. The number of hydrogen-bond donors (Lipinski definition) is 1. The van der Waals surface area contributed by atoms with Gasteiger partial charge in [-0.2, -0.15) is 14.6 Å². The molecule has 0 aliphatic rings. The zero-order valence-corrected chi connectivity index (χ0v) is 10.3. The van der Waals surface area contributed by atoms with Crippen molar-refractivity contribution >= 4 is 11.6 Å². The van der Waals surface area contributed by atoms with Crippen molar-refractivity contribution in [1.29, 1.82) is 0 Å². The topological polar surface area (TPSA) is 72.3 Å². The van der Waals surface area contributed by atoms with Crippen LogP contribution in [0.1, 0.15) is 19.0 Å². The van der Waals surface area contributed by atoms with Gasteiger partial charge in [0.15, 0.2) is 0 Å². The van der Waals surface area contributed by atoms with Crippen LogP contribution >= 0.6 is 0 Å². The summed E-state index contributed by atoms with van der Waals surface area (Å²) in [6.07, 6.45) is 2.59. The zero-order chi connectivity index (χ0) is 12.3. The molecule has 0 bridgehead atoms. The van der Waals surface area contributed by atoms with Crippen LogP contribution in [0.4, 0.5) is 5.82 Å². The molecule has 6 nitrogen and oxygen atoms in total. The summed E-state index contributed by atoms with van der Waals surface area (Å²) >= 11 is 0. The summed E-state index contributed by atoms with van der Waals surface area (Å²) in [6, 6.07) is 2.02. The van der Waals surface area contributed by atoms with Crippen molar-refractivity contribution in [3.63, 3.8) is 0 Å². The molecule has 0 fully saturated rings. The predicted molar refractivity (Wildman–Crippen MR) is 67.1 cm³/mol. The quantitative estimate of drug-likeness (QED) is 0.820. The minimum absolute atomic E-state index is 0.623. The first-order valence-corrected chi connectivity index (χ1v) is 5.88. The Morgan fingerprint density at radius 3 is 2.94 bits per heavy atom. The van der Waals surface area contributed by atoms with E-state index in [0.717, 1.165) is 31.0 Å². The van der Waals surface area contributed by atoms with Crippen molar-refractivity contribution in [3.05, 3.63) is 18.1 Å². The molecular formula is C11H18N6. The molecule has 0 aliphatic heterocycles. The minimum Gasteiger partial charge on any atom is -0.355 e. The molecule has 0 atom stereocenters. The maximum absolute atomic E-state index is 5.65. The number of hydrogen-bond acceptors (Lipinski definition) is 5. The zero-order valence-electron chi connectivity index (χ0n) is 10.3. The summed E-state index contributed by atoms with van der Waals surface area (Å²) in [4.78, 5) is 10.7. The van der Waals surface area contributed by atoms with Gasteiger partial charge in [0.25, 0.3) is 5.78 Å². The Balaban J connectivity index is 2.46. The Kier molecular flexibility index (Phi) is 3.53. The average Bonchev–Trinajstić information content (AvgIpc) is 2.75. The number of nitrogens with two attached hydrogens (primary N) is 1. The molecule has 0 saturated heterocycles. The SMILES string of the molecule is CCCN(CCN)c1cc(C)nc2ncnn12. The number of rotatable bonds is 5. The Bertz CT molecular complexity index is 486. The predicted octanol–water partition coefficient (Wildman–Crippen LogP) is 0.608. The van der Waals surface area contributed by atoms with E-state index in [1.165, 1.54) is 6.33 Å². The highest BCUT2D eigenvalue weighted by Crippen LogP contribution is 2.15. The van der Waals surface area contributed by atoms with Gasteiger partial charge in [-0.3, -0.25) is 0 Å². The Labute approximate surface area is 100 Å². The van der Waals surface area contributed by atoms with Crippen LogP contribution in [0.2, 0.25) is 0 Å². The van der Waals surface area contributed by atoms with Gasteiger partial charge >= 0.3 is 0 Å². The van der Waals surface area contributed by atoms with Gasteiger partial charge in [-0.1, -0.05) is 6.92 Å². The fourth-order valence-corrected chi connectivity index (χ4v) is 1.90. The van der Waals surface area contributed by atoms with Crippen LogP contribution in [0.15, 0.2) is 12.4 Å². The molecular weight excluding hydrogens is 216 g/mol. The van der Waals surface area contributed by atoms with Gasteiger partial charge in [0.05, 0.1) is 0 Å². The van der Waals surface area contributed by atoms with Crippen LogP contribution in [0.3, 0.4) is 0 Å². The molecule has 2 heterocycles. The van der Waals surface area contributed by atoms with Crippen LogP contribution < -0.4 is 10.6 Å². The van der Waals surface area contributed by atoms with E-state index in [-0.39, 0.29) is 0 Å². The lowest BCUT2D eigenvalue weighted by atomic mass is 10.3. The van der Waals surface area contributed by atoms with Gasteiger partial charge in [0.2, 0.25) is 0 Å². The summed E-state index contributed by atoms with van der Waals surface area (Å²) in [5.41, 5.74) is 6.60. The third kappa shape index (κ3) is 2.36. The lowest BCUT2D eigenvalue weighted by Gasteiger charge is -2.23. The van der Waals surface area contributed by atoms with Crippen molar-refractivity contribution in [1.82, 2.24) is 19.6 Å². The molecule has 0 unspecified atom stereocenters. The maximum atomic E-state index is 5.65. The molecule has 2 rings (SSSR count). The molecule has 0 radical (unpaired) electrons. The van der Waals surface area contributed by atoms with Crippen molar-refractivity contribution in [2.45, 2.75) is 20.3 Å². The molecule has 2 N–H and O–H groups in total. The first kappa shape index (κ1) is 11.8. The van der Waals surface area contributed by atoms with Gasteiger partial charge in [-0.05, 0) is 13.3 Å². The van der Waals surface area contributed by atoms with E-state index in [1.807, 2.05) is 13.0 Å². The van der Waals surface area contributed by atoms with E-state index in [2.05, 4.69) is 26.9 Å². The number of aromatic nitrogens is 4. The average molecular weight is 234 g/mol. The van der Waals surface area contributed by atoms with Crippen LogP contribution in [-0.2, 0) is 0 Å². The smallest absolute Gasteiger partial charge is 0.254 e. The highest BCUT2D eigenvalue weighted by molar-refractivity contribution is 5.47. The number of nitrogens with zero attached hydrogens (tertiary/aromatic N) is 5. The van der Waals surface area contributed by atoms with E-state index < -0.39 is 0 Å². The van der Waals surface area contributed by atoms with Crippen molar-refractivity contribution < 1.29 is 0 Å². The second kappa shape index (κ2) is 5.09. The Hall–Kier alpha value is -1.69. The molecule has 0 aromatic carbocycles. The highest BCUT2D eigenvalue weighted by atomic mass is 15.4. The van der Waals surface area contributed by atoms with Crippen LogP contribution in [-0.4, -0.2) is 39.2 Å².